The molecule has 1 N–H and O–H groups in total. The Morgan fingerprint density at radius 2 is 2.04 bits per heavy atom. The highest BCUT2D eigenvalue weighted by Crippen LogP contribution is 2.27. The van der Waals surface area contributed by atoms with Crippen molar-refractivity contribution in [3.8, 4) is 5.88 Å². The van der Waals surface area contributed by atoms with Gasteiger partial charge in [0.1, 0.15) is 6.54 Å². The Balaban J connectivity index is 2.06. The first kappa shape index (κ1) is 19.5. The number of carbonyl (C=O) groups excluding carboxylic acids is 1. The molecule has 0 spiro atoms. The molecule has 0 aliphatic heterocycles. The molecule has 9 heteroatoms. The van der Waals surface area contributed by atoms with Crippen molar-refractivity contribution in [1.29, 1.82) is 0 Å². The van der Waals surface area contributed by atoms with Gasteiger partial charge in [-0.15, -0.1) is 0 Å². The first-order valence-electron chi connectivity index (χ1n) is 7.81. The predicted molar refractivity (Wildman–Crippen MR) is 87.6 cm³/mol. The van der Waals surface area contributed by atoms with Gasteiger partial charge in [0, 0.05) is 30.6 Å². The van der Waals surface area contributed by atoms with E-state index in [2.05, 4.69) is 10.3 Å². The van der Waals surface area contributed by atoms with Crippen LogP contribution in [0.2, 0.25) is 0 Å². The molecule has 140 valence electrons. The zero-order valence-electron chi connectivity index (χ0n) is 14.2. The molecule has 0 aliphatic rings. The number of hydrogen-bond acceptors (Lipinski definition) is 4. The van der Waals surface area contributed by atoms with Crippen molar-refractivity contribution in [2.24, 2.45) is 0 Å². The highest BCUT2D eigenvalue weighted by Gasteiger charge is 2.31. The van der Waals surface area contributed by atoms with Crippen molar-refractivity contribution < 1.29 is 22.7 Å². The molecule has 0 radical (unpaired) electrons. The van der Waals surface area contributed by atoms with E-state index >= 15 is 0 Å². The molecule has 0 fully saturated rings. The molecule has 26 heavy (non-hydrogen) atoms. The number of rotatable bonds is 6. The highest BCUT2D eigenvalue weighted by molar-refractivity contribution is 5.75. The summed E-state index contributed by atoms with van der Waals surface area (Å²) in [6.07, 6.45) is -2.53. The molecule has 1 amide bonds. The third-order valence-electron chi connectivity index (χ3n) is 3.30. The lowest BCUT2D eigenvalue weighted by Gasteiger charge is -2.14. The standard InChI is InChI=1S/C17H18F3N3O3/c1-11(2)26-16-12(4-3-7-21-16)8-22-14(24)10-23-9-13(17(18,19)20)5-6-15(23)25/h3-7,9,11H,8,10H2,1-2H3,(H,22,24). The van der Waals surface area contributed by atoms with Crippen LogP contribution in [-0.4, -0.2) is 21.6 Å². The zero-order chi connectivity index (χ0) is 19.3. The summed E-state index contributed by atoms with van der Waals surface area (Å²) in [5.41, 5.74) is -1.07. The van der Waals surface area contributed by atoms with E-state index in [1.165, 1.54) is 0 Å². The summed E-state index contributed by atoms with van der Waals surface area (Å²) in [6, 6.07) is 4.85. The van der Waals surface area contributed by atoms with Crippen molar-refractivity contribution >= 4 is 5.91 Å². The van der Waals surface area contributed by atoms with Crippen LogP contribution in [-0.2, 0) is 24.1 Å². The van der Waals surface area contributed by atoms with Gasteiger partial charge in [-0.2, -0.15) is 13.2 Å². The van der Waals surface area contributed by atoms with Crippen LogP contribution in [0.25, 0.3) is 0 Å². The van der Waals surface area contributed by atoms with Gasteiger partial charge in [0.2, 0.25) is 11.8 Å². The summed E-state index contributed by atoms with van der Waals surface area (Å²) in [5, 5.41) is 2.55. The number of nitrogens with one attached hydrogen (secondary N) is 1. The fourth-order valence-corrected chi connectivity index (χ4v) is 2.12. The third-order valence-corrected chi connectivity index (χ3v) is 3.30. The van der Waals surface area contributed by atoms with Crippen LogP contribution in [0.5, 0.6) is 5.88 Å². The molecule has 6 nitrogen and oxygen atoms in total. The van der Waals surface area contributed by atoms with Crippen LogP contribution in [0.1, 0.15) is 25.0 Å². The summed E-state index contributed by atoms with van der Waals surface area (Å²) in [5.74, 6) is -0.246. The lowest BCUT2D eigenvalue weighted by atomic mass is 10.2. The molecule has 2 aromatic heterocycles. The Morgan fingerprint density at radius 3 is 2.69 bits per heavy atom. The Bertz CT molecular complexity index is 832. The second-order valence-electron chi connectivity index (χ2n) is 5.79. The number of halogens is 3. The summed E-state index contributed by atoms with van der Waals surface area (Å²) >= 11 is 0. The SMILES string of the molecule is CC(C)Oc1ncccc1CNC(=O)Cn1cc(C(F)(F)F)ccc1=O. The molecule has 0 unspecified atom stereocenters. The first-order chi connectivity index (χ1) is 12.2. The lowest BCUT2D eigenvalue weighted by molar-refractivity contribution is -0.138. The van der Waals surface area contributed by atoms with Crippen LogP contribution in [0.15, 0.2) is 41.5 Å². The second kappa shape index (κ2) is 8.03. The van der Waals surface area contributed by atoms with E-state index in [9.17, 15) is 22.8 Å². The minimum Gasteiger partial charge on any atom is -0.475 e. The van der Waals surface area contributed by atoms with Gasteiger partial charge in [0.25, 0.3) is 5.56 Å². The summed E-state index contributed by atoms with van der Waals surface area (Å²) in [4.78, 5) is 27.8. The molecular formula is C17H18F3N3O3. The number of pyridine rings is 2. The zero-order valence-corrected chi connectivity index (χ0v) is 14.2. The van der Waals surface area contributed by atoms with E-state index in [0.717, 1.165) is 6.07 Å². The number of amides is 1. The monoisotopic (exact) mass is 369 g/mol. The van der Waals surface area contributed by atoms with Crippen molar-refractivity contribution in [2.45, 2.75) is 39.2 Å². The fraction of sp³-hybridized carbons (Fsp3) is 0.353. The number of alkyl halides is 3. The number of ether oxygens (including phenoxy) is 1. The van der Waals surface area contributed by atoms with Gasteiger partial charge in [0.15, 0.2) is 0 Å². The van der Waals surface area contributed by atoms with E-state index in [-0.39, 0.29) is 12.6 Å². The van der Waals surface area contributed by atoms with Crippen LogP contribution in [0.4, 0.5) is 13.2 Å². The summed E-state index contributed by atoms with van der Waals surface area (Å²) in [7, 11) is 0. The van der Waals surface area contributed by atoms with Gasteiger partial charge in [-0.3, -0.25) is 9.59 Å². The largest absolute Gasteiger partial charge is 0.475 e. The Labute approximate surface area is 147 Å². The van der Waals surface area contributed by atoms with Crippen molar-refractivity contribution in [3.05, 3.63) is 58.1 Å². The van der Waals surface area contributed by atoms with Gasteiger partial charge in [-0.1, -0.05) is 6.07 Å². The topological polar surface area (TPSA) is 73.2 Å². The van der Waals surface area contributed by atoms with E-state index in [1.807, 2.05) is 13.8 Å². The maximum absolute atomic E-state index is 12.7. The number of carbonyl (C=O) groups is 1. The maximum Gasteiger partial charge on any atom is 0.417 e. The van der Waals surface area contributed by atoms with Crippen molar-refractivity contribution in [2.75, 3.05) is 0 Å². The molecule has 2 heterocycles. The molecule has 0 saturated carbocycles. The van der Waals surface area contributed by atoms with Crippen molar-refractivity contribution in [3.63, 3.8) is 0 Å². The fourth-order valence-electron chi connectivity index (χ4n) is 2.12. The average Bonchev–Trinajstić information content (AvgIpc) is 2.54. The summed E-state index contributed by atoms with van der Waals surface area (Å²) in [6.45, 7) is 3.21. The maximum atomic E-state index is 12.7. The molecule has 2 rings (SSSR count). The van der Waals surface area contributed by atoms with Crippen LogP contribution < -0.4 is 15.6 Å². The van der Waals surface area contributed by atoms with Crippen LogP contribution in [0.3, 0.4) is 0 Å². The summed E-state index contributed by atoms with van der Waals surface area (Å²) < 4.78 is 44.4. The molecule has 0 aromatic carbocycles. The average molecular weight is 369 g/mol. The van der Waals surface area contributed by atoms with Gasteiger partial charge < -0.3 is 14.6 Å². The molecule has 0 bridgehead atoms. The quantitative estimate of drug-likeness (QED) is 0.849. The van der Waals surface area contributed by atoms with Gasteiger partial charge >= 0.3 is 6.18 Å². The van der Waals surface area contributed by atoms with Crippen LogP contribution >= 0.6 is 0 Å². The van der Waals surface area contributed by atoms with Gasteiger partial charge in [0.05, 0.1) is 11.7 Å². The number of aromatic nitrogens is 2. The second-order valence-corrected chi connectivity index (χ2v) is 5.79. The van der Waals surface area contributed by atoms with Crippen LogP contribution in [0, 0.1) is 0 Å². The molecule has 0 aliphatic carbocycles. The Kier molecular flexibility index (Phi) is 6.01. The number of hydrogen-bond donors (Lipinski definition) is 1. The normalized spacial score (nSPS) is 11.5. The first-order valence-corrected chi connectivity index (χ1v) is 7.81. The Morgan fingerprint density at radius 1 is 1.31 bits per heavy atom. The highest BCUT2D eigenvalue weighted by atomic mass is 19.4. The number of nitrogens with zero attached hydrogens (tertiary/aromatic N) is 2. The predicted octanol–water partition coefficient (Wildman–Crippen LogP) is 2.37. The van der Waals surface area contributed by atoms with Crippen molar-refractivity contribution in [1.82, 2.24) is 14.9 Å². The van der Waals surface area contributed by atoms with E-state index in [1.54, 1.807) is 18.3 Å². The molecule has 0 atom stereocenters. The van der Waals surface area contributed by atoms with Gasteiger partial charge in [-0.05, 0) is 26.0 Å². The van der Waals surface area contributed by atoms with Gasteiger partial charge in [-0.25, -0.2) is 4.98 Å². The van der Waals surface area contributed by atoms with E-state index in [4.69, 9.17) is 4.74 Å². The molecule has 0 saturated heterocycles. The molecule has 2 aromatic rings. The Hall–Kier alpha value is -2.84. The molecular weight excluding hydrogens is 351 g/mol. The van der Waals surface area contributed by atoms with E-state index < -0.39 is 29.8 Å². The lowest BCUT2D eigenvalue weighted by Crippen LogP contribution is -2.32. The minimum absolute atomic E-state index is 0.0719. The van der Waals surface area contributed by atoms with E-state index in [0.29, 0.717) is 28.3 Å². The minimum atomic E-state index is -4.59. The third kappa shape index (κ3) is 5.33. The smallest absolute Gasteiger partial charge is 0.417 e.